The summed E-state index contributed by atoms with van der Waals surface area (Å²) >= 11 is 0. The Morgan fingerprint density at radius 3 is 2.33 bits per heavy atom. The second-order valence-corrected chi connectivity index (χ2v) is 13.1. The molecule has 0 spiro atoms. The van der Waals surface area contributed by atoms with Gasteiger partial charge in [0.1, 0.15) is 29.7 Å². The van der Waals surface area contributed by atoms with Crippen LogP contribution in [0.25, 0.3) is 0 Å². The molecule has 5 rings (SSSR count). The van der Waals surface area contributed by atoms with E-state index in [1.54, 1.807) is 24.8 Å². The zero-order chi connectivity index (χ0) is 32.8. The quantitative estimate of drug-likeness (QED) is 0.314. The number of hydrogen-bond donors (Lipinski definition) is 3. The minimum atomic E-state index is -0.861. The van der Waals surface area contributed by atoms with Crippen LogP contribution in [0.15, 0.2) is 29.0 Å². The van der Waals surface area contributed by atoms with Crippen LogP contribution < -0.4 is 16.0 Å². The standard InChI is InChI=1S/C34H47FN6O5/c1-4-28(42)37-29(34(45)41-17-15-40(3)16-18-41)21(2)24-13-14-27(26(35)19-24)36-33(44)31(22-9-7-5-6-8-10-22)38-32(43)25-20-46-39-30(25)23-11-12-23/h13-14,19-23,29,31H,4-12,15-18H2,1-3H3,(H,36,44)(H,37,42)(H,38,43). The average molecular weight is 639 g/mol. The van der Waals surface area contributed by atoms with Crippen molar-refractivity contribution in [3.05, 3.63) is 47.1 Å². The monoisotopic (exact) mass is 638 g/mol. The molecule has 1 saturated heterocycles. The topological polar surface area (TPSA) is 137 Å². The lowest BCUT2D eigenvalue weighted by Gasteiger charge is -2.36. The number of piperazine rings is 1. The third-order valence-corrected chi connectivity index (χ3v) is 9.74. The zero-order valence-corrected chi connectivity index (χ0v) is 27.1. The third kappa shape index (κ3) is 8.12. The van der Waals surface area contributed by atoms with Gasteiger partial charge in [-0.15, -0.1) is 0 Å². The van der Waals surface area contributed by atoms with Crippen LogP contribution in [0.4, 0.5) is 10.1 Å². The fourth-order valence-corrected chi connectivity index (χ4v) is 6.55. The first-order chi connectivity index (χ1) is 22.2. The first kappa shape index (κ1) is 33.6. The van der Waals surface area contributed by atoms with Crippen molar-refractivity contribution in [2.24, 2.45) is 5.92 Å². The summed E-state index contributed by atoms with van der Waals surface area (Å²) in [5.41, 5.74) is 1.46. The lowest BCUT2D eigenvalue weighted by molar-refractivity contribution is -0.138. The number of amides is 4. The van der Waals surface area contributed by atoms with E-state index in [1.807, 2.05) is 7.05 Å². The van der Waals surface area contributed by atoms with Gasteiger partial charge in [0.15, 0.2) is 0 Å². The Kier molecular flexibility index (Phi) is 11.1. The van der Waals surface area contributed by atoms with Gasteiger partial charge < -0.3 is 30.3 Å². The molecule has 2 heterocycles. The van der Waals surface area contributed by atoms with Gasteiger partial charge in [0.25, 0.3) is 5.91 Å². The summed E-state index contributed by atoms with van der Waals surface area (Å²) in [5, 5.41) is 12.5. The molecule has 4 amide bonds. The highest BCUT2D eigenvalue weighted by atomic mass is 19.1. The number of aromatic nitrogens is 1. The van der Waals surface area contributed by atoms with Gasteiger partial charge in [-0.25, -0.2) is 4.39 Å². The molecule has 11 nitrogen and oxygen atoms in total. The smallest absolute Gasteiger partial charge is 0.257 e. The van der Waals surface area contributed by atoms with Crippen LogP contribution in [0.5, 0.6) is 0 Å². The van der Waals surface area contributed by atoms with E-state index in [9.17, 15) is 19.2 Å². The number of hydrogen-bond acceptors (Lipinski definition) is 7. The summed E-state index contributed by atoms with van der Waals surface area (Å²) in [6.45, 7) is 6.09. The van der Waals surface area contributed by atoms with E-state index in [0.717, 1.165) is 64.5 Å². The summed E-state index contributed by atoms with van der Waals surface area (Å²) in [7, 11) is 2.00. The number of anilines is 1. The molecule has 3 atom stereocenters. The van der Waals surface area contributed by atoms with Crippen LogP contribution in [-0.2, 0) is 14.4 Å². The van der Waals surface area contributed by atoms with Crippen LogP contribution in [-0.4, -0.2) is 83.9 Å². The highest BCUT2D eigenvalue weighted by molar-refractivity contribution is 6.02. The maximum Gasteiger partial charge on any atom is 0.257 e. The molecule has 1 aromatic carbocycles. The number of halogens is 1. The molecule has 2 saturated carbocycles. The highest BCUT2D eigenvalue weighted by Crippen LogP contribution is 2.41. The van der Waals surface area contributed by atoms with E-state index in [1.165, 1.54) is 18.4 Å². The Labute approximate surface area is 270 Å². The van der Waals surface area contributed by atoms with Crippen molar-refractivity contribution in [2.75, 3.05) is 38.5 Å². The number of carbonyl (C=O) groups excluding carboxylic acids is 4. The number of likely N-dealkylation sites (N-methyl/N-ethyl adjacent to an activating group) is 1. The SMILES string of the molecule is CCC(=O)NC(C(=O)N1CCN(C)CC1)C(C)c1ccc(NC(=O)C(NC(=O)c2conc2C2CC2)C2CCCCCC2)c(F)c1. The fourth-order valence-electron chi connectivity index (χ4n) is 6.55. The van der Waals surface area contributed by atoms with Crippen LogP contribution in [0.3, 0.4) is 0 Å². The van der Waals surface area contributed by atoms with Crippen molar-refractivity contribution in [1.82, 2.24) is 25.6 Å². The molecule has 0 bridgehead atoms. The van der Waals surface area contributed by atoms with Crippen LogP contribution in [0, 0.1) is 11.7 Å². The maximum absolute atomic E-state index is 15.7. The predicted octanol–water partition coefficient (Wildman–Crippen LogP) is 4.17. The minimum Gasteiger partial charge on any atom is -0.364 e. The van der Waals surface area contributed by atoms with Gasteiger partial charge in [-0.1, -0.05) is 50.8 Å². The van der Waals surface area contributed by atoms with Crippen molar-refractivity contribution in [1.29, 1.82) is 0 Å². The molecule has 1 aliphatic heterocycles. The summed E-state index contributed by atoms with van der Waals surface area (Å²) < 4.78 is 20.8. The molecule has 1 aromatic heterocycles. The predicted molar refractivity (Wildman–Crippen MR) is 171 cm³/mol. The van der Waals surface area contributed by atoms with Crippen molar-refractivity contribution in [3.8, 4) is 0 Å². The van der Waals surface area contributed by atoms with Gasteiger partial charge in [-0.3, -0.25) is 19.2 Å². The number of benzene rings is 1. The second kappa shape index (κ2) is 15.2. The molecule has 12 heteroatoms. The van der Waals surface area contributed by atoms with E-state index in [4.69, 9.17) is 4.52 Å². The molecule has 250 valence electrons. The Hall–Kier alpha value is -3.80. The molecule has 46 heavy (non-hydrogen) atoms. The number of nitrogens with one attached hydrogen (secondary N) is 3. The van der Waals surface area contributed by atoms with Gasteiger partial charge in [-0.05, 0) is 56.3 Å². The summed E-state index contributed by atoms with van der Waals surface area (Å²) in [6.07, 6.45) is 9.05. The Morgan fingerprint density at radius 1 is 1.00 bits per heavy atom. The number of nitrogens with zero attached hydrogens (tertiary/aromatic N) is 3. The van der Waals surface area contributed by atoms with Crippen LogP contribution in [0.2, 0.25) is 0 Å². The molecule has 2 aliphatic carbocycles. The van der Waals surface area contributed by atoms with Gasteiger partial charge >= 0.3 is 0 Å². The molecule has 3 fully saturated rings. The molecular weight excluding hydrogens is 591 g/mol. The van der Waals surface area contributed by atoms with Crippen LogP contribution >= 0.6 is 0 Å². The maximum atomic E-state index is 15.7. The Bertz CT molecular complexity index is 1390. The summed E-state index contributed by atoms with van der Waals surface area (Å²) in [4.78, 5) is 57.0. The van der Waals surface area contributed by atoms with Crippen LogP contribution in [0.1, 0.15) is 105 Å². The molecule has 3 unspecified atom stereocenters. The van der Waals surface area contributed by atoms with E-state index in [-0.39, 0.29) is 35.8 Å². The van der Waals surface area contributed by atoms with Crippen molar-refractivity contribution in [2.45, 2.75) is 95.6 Å². The fraction of sp³-hybridized carbons (Fsp3) is 0.618. The molecule has 3 N–H and O–H groups in total. The number of rotatable bonds is 11. The van der Waals surface area contributed by atoms with Crippen molar-refractivity contribution in [3.63, 3.8) is 0 Å². The number of carbonyl (C=O) groups is 4. The Balaban J connectivity index is 1.32. The highest BCUT2D eigenvalue weighted by Gasteiger charge is 2.36. The molecule has 3 aliphatic rings. The van der Waals surface area contributed by atoms with Crippen molar-refractivity contribution >= 4 is 29.3 Å². The summed E-state index contributed by atoms with van der Waals surface area (Å²) in [5.74, 6) is -2.43. The Morgan fingerprint density at radius 2 is 1.70 bits per heavy atom. The lowest BCUT2D eigenvalue weighted by Crippen LogP contribution is -2.55. The van der Waals surface area contributed by atoms with Gasteiger partial charge in [-0.2, -0.15) is 0 Å². The second-order valence-electron chi connectivity index (χ2n) is 13.1. The summed E-state index contributed by atoms with van der Waals surface area (Å²) in [6, 6.07) is 2.74. The lowest BCUT2D eigenvalue weighted by atomic mass is 9.90. The minimum absolute atomic E-state index is 0.0167. The molecular formula is C34H47FN6O5. The first-order valence-corrected chi connectivity index (χ1v) is 16.8. The molecule has 2 aromatic rings. The zero-order valence-electron chi connectivity index (χ0n) is 27.1. The average Bonchev–Trinajstić information content (AvgIpc) is 3.84. The van der Waals surface area contributed by atoms with E-state index < -0.39 is 35.6 Å². The van der Waals surface area contributed by atoms with Gasteiger partial charge in [0.2, 0.25) is 17.7 Å². The third-order valence-electron chi connectivity index (χ3n) is 9.74. The normalized spacial score (nSPS) is 19.9. The molecule has 0 radical (unpaired) electrons. The van der Waals surface area contributed by atoms with Gasteiger partial charge in [0.05, 0.1) is 11.4 Å². The largest absolute Gasteiger partial charge is 0.364 e. The van der Waals surface area contributed by atoms with Crippen molar-refractivity contribution < 1.29 is 28.1 Å². The van der Waals surface area contributed by atoms with E-state index in [2.05, 4.69) is 26.0 Å². The van der Waals surface area contributed by atoms with E-state index >= 15 is 4.39 Å². The first-order valence-electron chi connectivity index (χ1n) is 16.8. The van der Waals surface area contributed by atoms with E-state index in [0.29, 0.717) is 29.9 Å². The van der Waals surface area contributed by atoms with Gasteiger partial charge in [0, 0.05) is 44.4 Å².